The molecule has 0 spiro atoms. The molecule has 2 N–H and O–H groups in total. The second-order valence-corrected chi connectivity index (χ2v) is 5.38. The number of ether oxygens (including phenoxy) is 1. The van der Waals surface area contributed by atoms with Crippen molar-refractivity contribution >= 4 is 29.2 Å². The van der Waals surface area contributed by atoms with Gasteiger partial charge in [0.2, 0.25) is 0 Å². The number of H-pyrrole nitrogens is 1. The minimum Gasteiger partial charge on any atom is -0.494 e. The Morgan fingerprint density at radius 1 is 1.21 bits per heavy atom. The van der Waals surface area contributed by atoms with E-state index in [0.717, 1.165) is 17.7 Å². The fraction of sp³-hybridized carbons (Fsp3) is 0.158. The first-order valence-electron chi connectivity index (χ1n) is 7.80. The van der Waals surface area contributed by atoms with Gasteiger partial charge in [0, 0.05) is 0 Å². The normalized spacial score (nSPS) is 11.2. The van der Waals surface area contributed by atoms with E-state index in [1.54, 1.807) is 12.1 Å². The van der Waals surface area contributed by atoms with Crippen molar-refractivity contribution in [3.63, 3.8) is 0 Å². The van der Waals surface area contributed by atoms with Crippen molar-refractivity contribution in [2.75, 3.05) is 6.61 Å². The molecule has 0 saturated carbocycles. The van der Waals surface area contributed by atoms with E-state index in [9.17, 15) is 9.90 Å². The molecule has 2 aromatic carbocycles. The lowest BCUT2D eigenvalue weighted by molar-refractivity contribution is 0.0699. The Labute approximate surface area is 139 Å². The summed E-state index contributed by atoms with van der Waals surface area (Å²) in [6.45, 7) is 2.78. The van der Waals surface area contributed by atoms with Crippen LogP contribution in [0.15, 0.2) is 42.5 Å². The predicted octanol–water partition coefficient (Wildman–Crippen LogP) is 4.22. The number of hydrogen-bond donors (Lipinski definition) is 2. The van der Waals surface area contributed by atoms with Gasteiger partial charge in [-0.05, 0) is 42.3 Å². The van der Waals surface area contributed by atoms with E-state index in [-0.39, 0.29) is 5.56 Å². The molecule has 0 radical (unpaired) electrons. The van der Waals surface area contributed by atoms with Crippen molar-refractivity contribution < 1.29 is 14.6 Å². The van der Waals surface area contributed by atoms with E-state index in [4.69, 9.17) is 4.74 Å². The minimum atomic E-state index is -0.981. The number of carboxylic acid groups (broad SMARTS) is 1. The second-order valence-electron chi connectivity index (χ2n) is 5.38. The van der Waals surface area contributed by atoms with Crippen molar-refractivity contribution in [3.05, 3.63) is 59.4 Å². The third kappa shape index (κ3) is 3.46. The summed E-state index contributed by atoms with van der Waals surface area (Å²) >= 11 is 0. The molecule has 1 aromatic heterocycles. The zero-order valence-corrected chi connectivity index (χ0v) is 13.3. The van der Waals surface area contributed by atoms with E-state index in [1.807, 2.05) is 42.5 Å². The lowest BCUT2D eigenvalue weighted by Gasteiger charge is -2.03. The van der Waals surface area contributed by atoms with Gasteiger partial charge in [-0.3, -0.25) is 0 Å². The number of carbonyl (C=O) groups is 1. The van der Waals surface area contributed by atoms with Gasteiger partial charge >= 0.3 is 5.97 Å². The molecule has 0 amide bonds. The van der Waals surface area contributed by atoms with Crippen molar-refractivity contribution in [1.82, 2.24) is 9.97 Å². The van der Waals surface area contributed by atoms with Gasteiger partial charge in [0.15, 0.2) is 0 Å². The standard InChI is InChI=1S/C19H18N2O3/c1-2-12-24-14-9-6-13(7-10-14)8-11-17-20-16-5-3-4-15(19(22)23)18(16)21-17/h3-11H,2,12H2,1H3,(H,20,21)(H,22,23). The van der Waals surface area contributed by atoms with Crippen LogP contribution in [0.4, 0.5) is 0 Å². The van der Waals surface area contributed by atoms with E-state index in [1.165, 1.54) is 0 Å². The smallest absolute Gasteiger partial charge is 0.337 e. The number of hydrogen-bond acceptors (Lipinski definition) is 3. The summed E-state index contributed by atoms with van der Waals surface area (Å²) in [6.07, 6.45) is 4.72. The highest BCUT2D eigenvalue weighted by molar-refractivity contribution is 6.01. The number of fused-ring (bicyclic) bond motifs is 1. The maximum absolute atomic E-state index is 11.2. The second kappa shape index (κ2) is 7.00. The summed E-state index contributed by atoms with van der Waals surface area (Å²) < 4.78 is 5.55. The average Bonchev–Trinajstić information content (AvgIpc) is 3.01. The Morgan fingerprint density at radius 3 is 2.71 bits per heavy atom. The van der Waals surface area contributed by atoms with Gasteiger partial charge in [-0.1, -0.05) is 31.2 Å². The maximum Gasteiger partial charge on any atom is 0.337 e. The highest BCUT2D eigenvalue weighted by Gasteiger charge is 2.11. The van der Waals surface area contributed by atoms with Crippen molar-refractivity contribution in [2.24, 2.45) is 0 Å². The molecule has 0 fully saturated rings. The molecule has 0 aliphatic carbocycles. The molecule has 0 aliphatic rings. The van der Waals surface area contributed by atoms with Crippen molar-refractivity contribution in [1.29, 1.82) is 0 Å². The van der Waals surface area contributed by atoms with Crippen LogP contribution in [0.5, 0.6) is 5.75 Å². The molecule has 0 aliphatic heterocycles. The number of para-hydroxylation sites is 1. The fourth-order valence-electron chi connectivity index (χ4n) is 2.37. The van der Waals surface area contributed by atoms with Gasteiger partial charge in [0.25, 0.3) is 0 Å². The van der Waals surface area contributed by atoms with Crippen LogP contribution >= 0.6 is 0 Å². The quantitative estimate of drug-likeness (QED) is 0.712. The zero-order chi connectivity index (χ0) is 16.9. The van der Waals surface area contributed by atoms with Crippen LogP contribution in [0.2, 0.25) is 0 Å². The first kappa shape index (κ1) is 15.8. The monoisotopic (exact) mass is 322 g/mol. The topological polar surface area (TPSA) is 75.2 Å². The molecule has 0 atom stereocenters. The molecule has 3 aromatic rings. The summed E-state index contributed by atoms with van der Waals surface area (Å²) in [6, 6.07) is 12.8. The fourth-order valence-corrected chi connectivity index (χ4v) is 2.37. The largest absolute Gasteiger partial charge is 0.494 e. The minimum absolute atomic E-state index is 0.195. The first-order valence-corrected chi connectivity index (χ1v) is 7.80. The lowest BCUT2D eigenvalue weighted by Crippen LogP contribution is -1.96. The van der Waals surface area contributed by atoms with Crippen molar-refractivity contribution in [3.8, 4) is 5.75 Å². The van der Waals surface area contributed by atoms with Gasteiger partial charge in [-0.25, -0.2) is 9.78 Å². The third-order valence-electron chi connectivity index (χ3n) is 3.55. The number of nitrogens with zero attached hydrogens (tertiary/aromatic N) is 1. The van der Waals surface area contributed by atoms with Crippen LogP contribution in [-0.2, 0) is 0 Å². The van der Waals surface area contributed by atoms with Crippen LogP contribution in [-0.4, -0.2) is 27.7 Å². The van der Waals surface area contributed by atoms with Gasteiger partial charge in [-0.15, -0.1) is 0 Å². The number of carboxylic acids is 1. The Morgan fingerprint density at radius 2 is 2.00 bits per heavy atom. The van der Waals surface area contributed by atoms with Crippen LogP contribution in [0.25, 0.3) is 23.2 Å². The Balaban J connectivity index is 1.80. The van der Waals surface area contributed by atoms with Crippen LogP contribution in [0.1, 0.15) is 35.1 Å². The Bertz CT molecular complexity index is 879. The highest BCUT2D eigenvalue weighted by atomic mass is 16.5. The van der Waals surface area contributed by atoms with E-state index in [2.05, 4.69) is 16.9 Å². The van der Waals surface area contributed by atoms with E-state index in [0.29, 0.717) is 23.5 Å². The van der Waals surface area contributed by atoms with Gasteiger partial charge in [0.1, 0.15) is 17.1 Å². The Kier molecular flexibility index (Phi) is 4.61. The molecule has 122 valence electrons. The molecule has 5 heteroatoms. The first-order chi connectivity index (χ1) is 11.7. The molecule has 24 heavy (non-hydrogen) atoms. The maximum atomic E-state index is 11.2. The van der Waals surface area contributed by atoms with Crippen LogP contribution in [0, 0.1) is 0 Å². The number of rotatable bonds is 6. The number of aromatic amines is 1. The predicted molar refractivity (Wildman–Crippen MR) is 94.2 cm³/mol. The summed E-state index contributed by atoms with van der Waals surface area (Å²) in [5, 5.41) is 9.20. The van der Waals surface area contributed by atoms with Crippen LogP contribution < -0.4 is 4.74 Å². The average molecular weight is 322 g/mol. The summed E-state index contributed by atoms with van der Waals surface area (Å²) in [4.78, 5) is 18.7. The van der Waals surface area contributed by atoms with Crippen LogP contribution in [0.3, 0.4) is 0 Å². The third-order valence-corrected chi connectivity index (χ3v) is 3.55. The molecule has 1 heterocycles. The molecular weight excluding hydrogens is 304 g/mol. The van der Waals surface area contributed by atoms with E-state index < -0.39 is 5.97 Å². The summed E-state index contributed by atoms with van der Waals surface area (Å²) in [5.74, 6) is 0.485. The molecule has 0 saturated heterocycles. The SMILES string of the molecule is CCCOc1ccc(C=Cc2nc3c(C(=O)O)cccc3[nH]2)cc1. The highest BCUT2D eigenvalue weighted by Crippen LogP contribution is 2.18. The number of imidazole rings is 1. The number of aromatic carboxylic acids is 1. The summed E-state index contributed by atoms with van der Waals surface area (Å²) in [7, 11) is 0. The molecule has 0 bridgehead atoms. The number of aromatic nitrogens is 2. The molecule has 3 rings (SSSR count). The summed E-state index contributed by atoms with van der Waals surface area (Å²) in [5.41, 5.74) is 2.38. The zero-order valence-electron chi connectivity index (χ0n) is 13.3. The van der Waals surface area contributed by atoms with Gasteiger partial charge in [-0.2, -0.15) is 0 Å². The van der Waals surface area contributed by atoms with Gasteiger partial charge < -0.3 is 14.8 Å². The van der Waals surface area contributed by atoms with E-state index >= 15 is 0 Å². The number of benzene rings is 2. The molecular formula is C19H18N2O3. The van der Waals surface area contributed by atoms with Crippen molar-refractivity contribution in [2.45, 2.75) is 13.3 Å². The molecule has 5 nitrogen and oxygen atoms in total. The number of nitrogens with one attached hydrogen (secondary N) is 1. The Hall–Kier alpha value is -3.08. The van der Waals surface area contributed by atoms with Gasteiger partial charge in [0.05, 0.1) is 17.7 Å². The lowest BCUT2D eigenvalue weighted by atomic mass is 10.2. The molecule has 0 unspecified atom stereocenters.